The Balaban J connectivity index is 1.56. The summed E-state index contributed by atoms with van der Waals surface area (Å²) in [5.41, 5.74) is -0.818. The highest BCUT2D eigenvalue weighted by atomic mass is 16.6. The fraction of sp³-hybridized carbons (Fsp3) is 0.200. The summed E-state index contributed by atoms with van der Waals surface area (Å²) in [5.74, 6) is -2.03. The summed E-state index contributed by atoms with van der Waals surface area (Å²) in [6.45, 7) is -0.0876. The van der Waals surface area contributed by atoms with Gasteiger partial charge in [-0.05, 0) is 18.2 Å². The minimum absolute atomic E-state index is 0.248. The molecule has 3 rings (SSSR count). The third-order valence-corrected chi connectivity index (χ3v) is 4.17. The monoisotopic (exact) mass is 459 g/mol. The van der Waals surface area contributed by atoms with E-state index in [-0.39, 0.29) is 11.1 Å². The van der Waals surface area contributed by atoms with Crippen LogP contribution in [-0.2, 0) is 14.3 Å². The van der Waals surface area contributed by atoms with Crippen LogP contribution in [0.4, 0.5) is 16.2 Å². The summed E-state index contributed by atoms with van der Waals surface area (Å²) < 4.78 is 20.0. The Morgan fingerprint density at radius 3 is 2.33 bits per heavy atom. The largest absolute Gasteiger partial charge is 0.486 e. The molecule has 13 nitrogen and oxygen atoms in total. The number of hydrogen-bond donors (Lipinski definition) is 2. The number of fused-ring (bicyclic) bond motifs is 1. The van der Waals surface area contributed by atoms with Gasteiger partial charge in [-0.1, -0.05) is 0 Å². The summed E-state index contributed by atoms with van der Waals surface area (Å²) in [4.78, 5) is 58.0. The van der Waals surface area contributed by atoms with Crippen LogP contribution < -0.4 is 20.1 Å². The molecule has 2 aromatic rings. The predicted octanol–water partition coefficient (Wildman–Crippen LogP) is 1.66. The smallest absolute Gasteiger partial charge is 0.338 e. The first-order valence-corrected chi connectivity index (χ1v) is 9.32. The van der Waals surface area contributed by atoms with Crippen molar-refractivity contribution in [2.75, 3.05) is 32.2 Å². The number of ether oxygens (including phenoxy) is 4. The first kappa shape index (κ1) is 23.0. The lowest BCUT2D eigenvalue weighted by molar-refractivity contribution is -0.384. The molecule has 0 aliphatic carbocycles. The minimum Gasteiger partial charge on any atom is -0.486 e. The van der Waals surface area contributed by atoms with Gasteiger partial charge in [0.15, 0.2) is 18.1 Å². The van der Waals surface area contributed by atoms with Crippen molar-refractivity contribution in [2.45, 2.75) is 0 Å². The van der Waals surface area contributed by atoms with E-state index in [9.17, 15) is 29.3 Å². The number of nitrogens with one attached hydrogen (secondary N) is 2. The SMILES string of the molecule is COC(=O)c1cc(C(=O)OCC(=O)NC(=O)Nc2ccc3c(c2)OCCO3)cc([N+](=O)[O-])c1. The van der Waals surface area contributed by atoms with Crippen LogP contribution in [0.5, 0.6) is 11.5 Å². The molecule has 0 fully saturated rings. The normalized spacial score (nSPS) is 11.7. The van der Waals surface area contributed by atoms with Gasteiger partial charge in [0.05, 0.1) is 23.2 Å². The molecule has 172 valence electrons. The van der Waals surface area contributed by atoms with Crippen LogP contribution in [0.15, 0.2) is 36.4 Å². The molecule has 1 heterocycles. The fourth-order valence-electron chi connectivity index (χ4n) is 2.73. The lowest BCUT2D eigenvalue weighted by atomic mass is 10.1. The zero-order chi connectivity index (χ0) is 24.0. The van der Waals surface area contributed by atoms with E-state index in [1.165, 1.54) is 6.07 Å². The Bertz CT molecular complexity index is 1130. The van der Waals surface area contributed by atoms with Gasteiger partial charge in [-0.3, -0.25) is 20.2 Å². The van der Waals surface area contributed by atoms with Crippen LogP contribution in [0, 0.1) is 10.1 Å². The Hall–Kier alpha value is -4.68. The van der Waals surface area contributed by atoms with Crippen LogP contribution in [-0.4, -0.2) is 55.7 Å². The molecule has 0 aromatic heterocycles. The molecule has 1 aliphatic rings. The summed E-state index contributed by atoms with van der Waals surface area (Å²) in [6, 6.07) is 6.58. The molecule has 0 spiro atoms. The third kappa shape index (κ3) is 5.94. The lowest BCUT2D eigenvalue weighted by Crippen LogP contribution is -2.37. The van der Waals surface area contributed by atoms with Crippen molar-refractivity contribution in [2.24, 2.45) is 0 Å². The number of nitro benzene ring substituents is 1. The molecule has 0 radical (unpaired) electrons. The molecule has 3 amide bonds. The highest BCUT2D eigenvalue weighted by Crippen LogP contribution is 2.32. The Labute approximate surface area is 185 Å². The second kappa shape index (κ2) is 10.1. The highest BCUT2D eigenvalue weighted by molar-refractivity contribution is 6.02. The maximum absolute atomic E-state index is 12.2. The molecule has 2 N–H and O–H groups in total. The number of imide groups is 1. The van der Waals surface area contributed by atoms with Crippen LogP contribution in [0.2, 0.25) is 0 Å². The average Bonchev–Trinajstić information content (AvgIpc) is 2.81. The van der Waals surface area contributed by atoms with E-state index >= 15 is 0 Å². The molecule has 0 unspecified atom stereocenters. The van der Waals surface area contributed by atoms with E-state index in [2.05, 4.69) is 10.1 Å². The van der Waals surface area contributed by atoms with E-state index < -0.39 is 41.1 Å². The topological polar surface area (TPSA) is 172 Å². The molecule has 33 heavy (non-hydrogen) atoms. The quantitative estimate of drug-likeness (QED) is 0.367. The van der Waals surface area contributed by atoms with Crippen LogP contribution in [0.25, 0.3) is 0 Å². The molecule has 13 heteroatoms. The average molecular weight is 459 g/mol. The van der Waals surface area contributed by atoms with Crippen molar-refractivity contribution in [3.05, 3.63) is 57.6 Å². The van der Waals surface area contributed by atoms with Crippen LogP contribution in [0.3, 0.4) is 0 Å². The van der Waals surface area contributed by atoms with Gasteiger partial charge in [-0.2, -0.15) is 0 Å². The van der Waals surface area contributed by atoms with E-state index in [0.717, 1.165) is 25.3 Å². The fourth-order valence-corrected chi connectivity index (χ4v) is 2.73. The summed E-state index contributed by atoms with van der Waals surface area (Å²) >= 11 is 0. The zero-order valence-corrected chi connectivity index (χ0v) is 17.1. The molecule has 0 saturated carbocycles. The maximum Gasteiger partial charge on any atom is 0.338 e. The van der Waals surface area contributed by atoms with E-state index in [1.807, 2.05) is 5.32 Å². The number of carbonyl (C=O) groups excluding carboxylic acids is 4. The number of anilines is 1. The Morgan fingerprint density at radius 2 is 1.67 bits per heavy atom. The Kier molecular flexibility index (Phi) is 7.03. The molecule has 0 atom stereocenters. The number of amides is 3. The number of nitrogens with zero attached hydrogens (tertiary/aromatic N) is 1. The van der Waals surface area contributed by atoms with Crippen molar-refractivity contribution in [1.29, 1.82) is 0 Å². The van der Waals surface area contributed by atoms with Gasteiger partial charge in [0, 0.05) is 23.9 Å². The highest BCUT2D eigenvalue weighted by Gasteiger charge is 2.20. The number of nitro groups is 1. The van der Waals surface area contributed by atoms with Crippen molar-refractivity contribution in [1.82, 2.24) is 5.32 Å². The number of benzene rings is 2. The third-order valence-electron chi connectivity index (χ3n) is 4.17. The number of hydrogen-bond acceptors (Lipinski definition) is 10. The first-order chi connectivity index (χ1) is 15.8. The number of methoxy groups -OCH3 is 1. The number of carbonyl (C=O) groups is 4. The number of non-ortho nitro benzene ring substituents is 1. The molecule has 0 saturated heterocycles. The second-order valence-electron chi connectivity index (χ2n) is 6.45. The predicted molar refractivity (Wildman–Crippen MR) is 109 cm³/mol. The summed E-state index contributed by atoms with van der Waals surface area (Å²) in [7, 11) is 1.07. The molecule has 2 aromatic carbocycles. The standard InChI is InChI=1S/C20H17N3O10/c1-30-18(25)11-6-12(8-14(7-11)23(28)29)19(26)33-10-17(24)22-20(27)21-13-2-3-15-16(9-13)32-5-4-31-15/h2-3,6-9H,4-5,10H2,1H3,(H2,21,22,24,27). The number of urea groups is 1. The lowest BCUT2D eigenvalue weighted by Gasteiger charge is -2.19. The van der Waals surface area contributed by atoms with Gasteiger partial charge >= 0.3 is 18.0 Å². The van der Waals surface area contributed by atoms with Gasteiger partial charge < -0.3 is 24.3 Å². The minimum atomic E-state index is -1.12. The molecule has 0 bridgehead atoms. The van der Waals surface area contributed by atoms with Crippen LogP contribution >= 0.6 is 0 Å². The van der Waals surface area contributed by atoms with E-state index in [0.29, 0.717) is 30.4 Å². The van der Waals surface area contributed by atoms with Gasteiger partial charge in [0.2, 0.25) is 0 Å². The van der Waals surface area contributed by atoms with Crippen LogP contribution in [0.1, 0.15) is 20.7 Å². The van der Waals surface area contributed by atoms with E-state index in [4.69, 9.17) is 14.2 Å². The van der Waals surface area contributed by atoms with Gasteiger partial charge in [0.1, 0.15) is 13.2 Å². The zero-order valence-electron chi connectivity index (χ0n) is 17.1. The van der Waals surface area contributed by atoms with Crippen molar-refractivity contribution in [3.8, 4) is 11.5 Å². The maximum atomic E-state index is 12.2. The van der Waals surface area contributed by atoms with Gasteiger partial charge in [0.25, 0.3) is 11.6 Å². The van der Waals surface area contributed by atoms with Crippen molar-refractivity contribution >= 4 is 35.3 Å². The van der Waals surface area contributed by atoms with Crippen molar-refractivity contribution < 1.29 is 43.0 Å². The molecular weight excluding hydrogens is 442 g/mol. The molecular formula is C20H17N3O10. The number of esters is 2. The van der Waals surface area contributed by atoms with Gasteiger partial charge in [-0.25, -0.2) is 14.4 Å². The summed E-state index contributed by atoms with van der Waals surface area (Å²) in [5, 5.41) is 15.4. The number of rotatable bonds is 6. The molecule has 1 aliphatic heterocycles. The van der Waals surface area contributed by atoms with Crippen molar-refractivity contribution in [3.63, 3.8) is 0 Å². The first-order valence-electron chi connectivity index (χ1n) is 9.32. The van der Waals surface area contributed by atoms with E-state index in [1.54, 1.807) is 12.1 Å². The Morgan fingerprint density at radius 1 is 1.00 bits per heavy atom. The summed E-state index contributed by atoms with van der Waals surface area (Å²) in [6.07, 6.45) is 0. The second-order valence-corrected chi connectivity index (χ2v) is 6.45. The van der Waals surface area contributed by atoms with Gasteiger partial charge in [-0.15, -0.1) is 0 Å².